The molecule has 0 saturated heterocycles. The van der Waals surface area contributed by atoms with E-state index in [1.165, 1.54) is 0 Å². The molecule has 21 heavy (non-hydrogen) atoms. The van der Waals surface area contributed by atoms with E-state index in [1.807, 2.05) is 36.4 Å². The first-order valence-electron chi connectivity index (χ1n) is 6.92. The number of hydrogen-bond acceptors (Lipinski definition) is 2. The Morgan fingerprint density at radius 1 is 0.667 bits per heavy atom. The lowest BCUT2D eigenvalue weighted by Crippen LogP contribution is -1.92. The molecule has 0 aliphatic heterocycles. The van der Waals surface area contributed by atoms with Crippen LogP contribution in [0, 0.1) is 0 Å². The monoisotopic (exact) mass is 272 g/mol. The Morgan fingerprint density at radius 2 is 1.43 bits per heavy atom. The third-order valence-corrected chi connectivity index (χ3v) is 4.04. The molecular weight excluding hydrogens is 260 g/mol. The number of fused-ring (bicyclic) bond motifs is 2. The molecule has 0 saturated carbocycles. The van der Waals surface area contributed by atoms with Crippen LogP contribution in [0.1, 0.15) is 27.1 Å². The van der Waals surface area contributed by atoms with Crippen LogP contribution in [0.4, 0.5) is 0 Å². The van der Waals surface area contributed by atoms with Gasteiger partial charge in [0, 0.05) is 11.1 Å². The molecule has 0 N–H and O–H groups in total. The van der Waals surface area contributed by atoms with Gasteiger partial charge < -0.3 is 0 Å². The van der Waals surface area contributed by atoms with Crippen LogP contribution in [-0.2, 0) is 0 Å². The first kappa shape index (κ1) is 12.0. The summed E-state index contributed by atoms with van der Waals surface area (Å²) >= 11 is 0. The largest absolute Gasteiger partial charge is 0.294 e. The van der Waals surface area contributed by atoms with Gasteiger partial charge in [0.2, 0.25) is 0 Å². The van der Waals surface area contributed by atoms with E-state index in [4.69, 9.17) is 0 Å². The molecule has 0 spiro atoms. The number of carbonyl (C=O) groups excluding carboxylic acids is 2. The van der Waals surface area contributed by atoms with Gasteiger partial charge >= 0.3 is 0 Å². The number of carbonyl (C=O) groups is 2. The molecule has 0 amide bonds. The van der Waals surface area contributed by atoms with Crippen molar-refractivity contribution in [2.45, 2.75) is 6.42 Å². The van der Waals surface area contributed by atoms with Crippen molar-refractivity contribution in [2.24, 2.45) is 0 Å². The van der Waals surface area contributed by atoms with E-state index in [0.29, 0.717) is 11.1 Å². The molecule has 0 fully saturated rings. The van der Waals surface area contributed by atoms with Crippen molar-refractivity contribution < 1.29 is 9.59 Å². The van der Waals surface area contributed by atoms with Crippen LogP contribution in [0.25, 0.3) is 21.9 Å². The Balaban J connectivity index is 1.96. The molecule has 0 bridgehead atoms. The highest BCUT2D eigenvalue weighted by molar-refractivity contribution is 6.24. The number of benzene rings is 3. The summed E-state index contributed by atoms with van der Waals surface area (Å²) in [6.45, 7) is 0. The van der Waals surface area contributed by atoms with E-state index in [2.05, 4.69) is 18.2 Å². The summed E-state index contributed by atoms with van der Waals surface area (Å²) in [5.74, 6) is -0.142. The minimum Gasteiger partial charge on any atom is -0.294 e. The van der Waals surface area contributed by atoms with E-state index in [9.17, 15) is 9.59 Å². The first-order chi connectivity index (χ1) is 10.2. The van der Waals surface area contributed by atoms with Crippen molar-refractivity contribution in [3.05, 3.63) is 71.8 Å². The minimum atomic E-state index is -0.0721. The average Bonchev–Trinajstić information content (AvgIpc) is 2.81. The van der Waals surface area contributed by atoms with Crippen LogP contribution in [0.2, 0.25) is 0 Å². The topological polar surface area (TPSA) is 34.1 Å². The third-order valence-electron chi connectivity index (χ3n) is 4.04. The highest BCUT2D eigenvalue weighted by Crippen LogP contribution is 2.32. The summed E-state index contributed by atoms with van der Waals surface area (Å²) in [4.78, 5) is 23.6. The maximum Gasteiger partial charge on any atom is 0.171 e. The summed E-state index contributed by atoms with van der Waals surface area (Å²) in [7, 11) is 0. The smallest absolute Gasteiger partial charge is 0.171 e. The van der Waals surface area contributed by atoms with Crippen molar-refractivity contribution in [1.82, 2.24) is 0 Å². The second-order valence-corrected chi connectivity index (χ2v) is 5.31. The summed E-state index contributed by atoms with van der Waals surface area (Å²) in [6, 6.07) is 19.8. The van der Waals surface area contributed by atoms with Gasteiger partial charge in [-0.05, 0) is 28.0 Å². The number of Topliss-reactive ketones (excluding diaryl/α,β-unsaturated/α-hetero) is 2. The van der Waals surface area contributed by atoms with Crippen molar-refractivity contribution >= 4 is 22.3 Å². The van der Waals surface area contributed by atoms with Gasteiger partial charge in [0.1, 0.15) is 0 Å². The van der Waals surface area contributed by atoms with Crippen LogP contribution in [0.5, 0.6) is 0 Å². The normalized spacial score (nSPS) is 13.7. The fourth-order valence-electron chi connectivity index (χ4n) is 3.00. The molecule has 3 aromatic carbocycles. The fraction of sp³-hybridized carbons (Fsp3) is 0.0526. The van der Waals surface area contributed by atoms with Gasteiger partial charge in [0.15, 0.2) is 11.6 Å². The minimum absolute atomic E-state index is 0.00826. The van der Waals surface area contributed by atoms with Gasteiger partial charge in [-0.2, -0.15) is 0 Å². The zero-order valence-corrected chi connectivity index (χ0v) is 11.3. The van der Waals surface area contributed by atoms with E-state index < -0.39 is 0 Å². The maximum atomic E-state index is 11.9. The SMILES string of the molecule is O=C1CC(=O)c2cc(-c3cccc4ccccc34)ccc21. The van der Waals surface area contributed by atoms with Gasteiger partial charge in [-0.15, -0.1) is 0 Å². The van der Waals surface area contributed by atoms with Crippen LogP contribution in [0.3, 0.4) is 0 Å². The zero-order valence-electron chi connectivity index (χ0n) is 11.3. The number of ketones is 2. The predicted octanol–water partition coefficient (Wildman–Crippen LogP) is 4.28. The van der Waals surface area contributed by atoms with Gasteiger partial charge in [-0.25, -0.2) is 0 Å². The lowest BCUT2D eigenvalue weighted by molar-refractivity contribution is 0.0923. The number of hydrogen-bond donors (Lipinski definition) is 0. The van der Waals surface area contributed by atoms with Gasteiger partial charge in [-0.3, -0.25) is 9.59 Å². The summed E-state index contributed by atoms with van der Waals surface area (Å²) in [5.41, 5.74) is 3.19. The van der Waals surface area contributed by atoms with E-state index in [0.717, 1.165) is 21.9 Å². The lowest BCUT2D eigenvalue weighted by Gasteiger charge is -2.08. The van der Waals surface area contributed by atoms with Gasteiger partial charge in [-0.1, -0.05) is 54.6 Å². The average molecular weight is 272 g/mol. The van der Waals surface area contributed by atoms with Crippen LogP contribution in [-0.4, -0.2) is 11.6 Å². The first-order valence-corrected chi connectivity index (χ1v) is 6.92. The second-order valence-electron chi connectivity index (χ2n) is 5.31. The van der Waals surface area contributed by atoms with Crippen LogP contribution < -0.4 is 0 Å². The van der Waals surface area contributed by atoms with E-state index >= 15 is 0 Å². The Kier molecular flexibility index (Phi) is 2.51. The number of rotatable bonds is 1. The summed E-state index contributed by atoms with van der Waals surface area (Å²) in [6.07, 6.45) is 0.00826. The summed E-state index contributed by atoms with van der Waals surface area (Å²) in [5, 5.41) is 2.31. The molecule has 2 nitrogen and oxygen atoms in total. The van der Waals surface area contributed by atoms with Crippen LogP contribution in [0.15, 0.2) is 60.7 Å². The van der Waals surface area contributed by atoms with Crippen LogP contribution >= 0.6 is 0 Å². The summed E-state index contributed by atoms with van der Waals surface area (Å²) < 4.78 is 0. The molecule has 100 valence electrons. The molecule has 2 heteroatoms. The fourth-order valence-corrected chi connectivity index (χ4v) is 3.00. The van der Waals surface area contributed by atoms with Crippen molar-refractivity contribution in [1.29, 1.82) is 0 Å². The predicted molar refractivity (Wildman–Crippen MR) is 82.7 cm³/mol. The lowest BCUT2D eigenvalue weighted by atomic mass is 9.95. The Morgan fingerprint density at radius 3 is 2.33 bits per heavy atom. The Labute approximate surface area is 122 Å². The van der Waals surface area contributed by atoms with E-state index in [1.54, 1.807) is 6.07 Å². The van der Waals surface area contributed by atoms with Gasteiger partial charge in [0.05, 0.1) is 6.42 Å². The Bertz CT molecular complexity index is 901. The highest BCUT2D eigenvalue weighted by atomic mass is 16.2. The Hall–Kier alpha value is -2.74. The molecular formula is C19H12O2. The molecule has 1 aliphatic rings. The third kappa shape index (κ3) is 1.80. The molecule has 3 aromatic rings. The van der Waals surface area contributed by atoms with Gasteiger partial charge in [0.25, 0.3) is 0 Å². The second kappa shape index (κ2) is 4.38. The quantitative estimate of drug-likeness (QED) is 0.620. The highest BCUT2D eigenvalue weighted by Gasteiger charge is 2.27. The molecule has 0 atom stereocenters. The van der Waals surface area contributed by atoms with Crippen molar-refractivity contribution in [2.75, 3.05) is 0 Å². The molecule has 1 aliphatic carbocycles. The molecule has 4 rings (SSSR count). The zero-order chi connectivity index (χ0) is 14.4. The molecule has 0 radical (unpaired) electrons. The molecule has 0 heterocycles. The molecule has 0 unspecified atom stereocenters. The van der Waals surface area contributed by atoms with E-state index in [-0.39, 0.29) is 18.0 Å². The van der Waals surface area contributed by atoms with Crippen molar-refractivity contribution in [3.63, 3.8) is 0 Å². The van der Waals surface area contributed by atoms with Crippen molar-refractivity contribution in [3.8, 4) is 11.1 Å². The molecule has 0 aromatic heterocycles. The standard InChI is InChI=1S/C19H12O2/c20-18-11-19(21)17-10-13(8-9-16(17)18)15-7-3-5-12-4-1-2-6-14(12)15/h1-10H,11H2. The maximum absolute atomic E-state index is 11.9.